The monoisotopic (exact) mass is 349 g/mol. The number of benzene rings is 2. The maximum absolute atomic E-state index is 13.8. The van der Waals surface area contributed by atoms with Gasteiger partial charge in [0.1, 0.15) is 23.8 Å². The first kappa shape index (κ1) is 17.2. The Morgan fingerprint density at radius 3 is 2.68 bits per heavy atom. The number of hydrogen-bond acceptors (Lipinski definition) is 4. The van der Waals surface area contributed by atoms with E-state index in [0.717, 1.165) is 6.07 Å². The molecule has 1 N–H and O–H groups in total. The van der Waals surface area contributed by atoms with Crippen molar-refractivity contribution < 1.29 is 28.2 Å². The predicted molar refractivity (Wildman–Crippen MR) is 85.7 cm³/mol. The second-order valence-corrected chi connectivity index (χ2v) is 5.74. The lowest BCUT2D eigenvalue weighted by Gasteiger charge is -2.17. The van der Waals surface area contributed by atoms with Crippen LogP contribution in [0.25, 0.3) is 0 Å². The molecule has 0 radical (unpaired) electrons. The lowest BCUT2D eigenvalue weighted by molar-refractivity contribution is 0.0728. The van der Waals surface area contributed by atoms with Crippen molar-refractivity contribution in [3.8, 4) is 11.5 Å². The Labute approximate surface area is 143 Å². The smallest absolute Gasteiger partial charge is 0.254 e. The predicted octanol–water partition coefficient (Wildman–Crippen LogP) is 2.24. The van der Waals surface area contributed by atoms with Crippen molar-refractivity contribution in [1.82, 2.24) is 4.90 Å². The molecular weight excluding hydrogens is 332 g/mol. The summed E-state index contributed by atoms with van der Waals surface area (Å²) in [6.07, 6.45) is -1.61. The fraction of sp³-hybridized carbons (Fsp3) is 0.278. The number of rotatable bonds is 4. The molecule has 3 rings (SSSR count). The number of hydrogen-bond donors (Lipinski definition) is 1. The number of carbonyl (C=O) groups is 1. The van der Waals surface area contributed by atoms with Crippen LogP contribution in [-0.4, -0.2) is 48.3 Å². The summed E-state index contributed by atoms with van der Waals surface area (Å²) < 4.78 is 37.4. The number of amides is 1. The minimum absolute atomic E-state index is 0.0466. The van der Waals surface area contributed by atoms with Crippen molar-refractivity contribution >= 4 is 5.91 Å². The van der Waals surface area contributed by atoms with Crippen molar-refractivity contribution in [3.05, 3.63) is 59.7 Å². The molecule has 0 unspecified atom stereocenters. The van der Waals surface area contributed by atoms with E-state index in [2.05, 4.69) is 0 Å². The molecule has 5 nitrogen and oxygen atoms in total. The van der Waals surface area contributed by atoms with E-state index in [0.29, 0.717) is 0 Å². The van der Waals surface area contributed by atoms with Gasteiger partial charge in [-0.3, -0.25) is 4.79 Å². The molecule has 2 aromatic carbocycles. The van der Waals surface area contributed by atoms with Crippen molar-refractivity contribution in [3.63, 3.8) is 0 Å². The van der Waals surface area contributed by atoms with Crippen molar-refractivity contribution in [2.24, 2.45) is 0 Å². The highest BCUT2D eigenvalue weighted by molar-refractivity contribution is 5.94. The number of nitrogens with zero attached hydrogens (tertiary/aromatic N) is 1. The van der Waals surface area contributed by atoms with Crippen LogP contribution in [0.1, 0.15) is 10.4 Å². The molecule has 2 atom stereocenters. The first-order valence-electron chi connectivity index (χ1n) is 7.71. The lowest BCUT2D eigenvalue weighted by Crippen LogP contribution is -2.31. The van der Waals surface area contributed by atoms with Crippen molar-refractivity contribution in [2.45, 2.75) is 12.2 Å². The quantitative estimate of drug-likeness (QED) is 0.920. The summed E-state index contributed by atoms with van der Waals surface area (Å²) in [5.74, 6) is -1.20. The highest BCUT2D eigenvalue weighted by atomic mass is 19.1. The number of β-amino-alcohol motifs (C(OH)–C–C–N with tert-alkyl or cyclic N) is 1. The molecule has 25 heavy (non-hydrogen) atoms. The van der Waals surface area contributed by atoms with Gasteiger partial charge in [-0.05, 0) is 30.3 Å². The van der Waals surface area contributed by atoms with Gasteiger partial charge in [0.15, 0.2) is 11.6 Å². The van der Waals surface area contributed by atoms with Crippen molar-refractivity contribution in [1.29, 1.82) is 0 Å². The zero-order valence-electron chi connectivity index (χ0n) is 13.5. The molecule has 1 amide bonds. The minimum atomic E-state index is -0.921. The van der Waals surface area contributed by atoms with Crippen LogP contribution in [0.4, 0.5) is 8.78 Å². The van der Waals surface area contributed by atoms with Gasteiger partial charge in [-0.15, -0.1) is 0 Å². The molecule has 1 fully saturated rings. The van der Waals surface area contributed by atoms with Gasteiger partial charge in [0.25, 0.3) is 5.91 Å². The molecule has 2 aromatic rings. The molecular formula is C18H17F2NO4. The molecule has 0 aromatic heterocycles. The zero-order valence-corrected chi connectivity index (χ0v) is 13.5. The van der Waals surface area contributed by atoms with E-state index in [1.165, 1.54) is 42.3 Å². The van der Waals surface area contributed by atoms with Crippen LogP contribution in [0.15, 0.2) is 42.5 Å². The number of aliphatic hydroxyl groups is 1. The van der Waals surface area contributed by atoms with E-state index >= 15 is 0 Å². The van der Waals surface area contributed by atoms with Gasteiger partial charge in [-0.2, -0.15) is 0 Å². The van der Waals surface area contributed by atoms with E-state index in [-0.39, 0.29) is 30.2 Å². The zero-order chi connectivity index (χ0) is 18.0. The summed E-state index contributed by atoms with van der Waals surface area (Å²) in [7, 11) is 1.34. The summed E-state index contributed by atoms with van der Waals surface area (Å²) in [5, 5.41) is 10.1. The van der Waals surface area contributed by atoms with Crippen LogP contribution >= 0.6 is 0 Å². The highest BCUT2D eigenvalue weighted by Crippen LogP contribution is 2.23. The fourth-order valence-electron chi connectivity index (χ4n) is 2.74. The third-order valence-corrected chi connectivity index (χ3v) is 4.01. The summed E-state index contributed by atoms with van der Waals surface area (Å²) >= 11 is 0. The Morgan fingerprint density at radius 1 is 1.20 bits per heavy atom. The van der Waals surface area contributed by atoms with Crippen LogP contribution in [0.5, 0.6) is 11.5 Å². The maximum Gasteiger partial charge on any atom is 0.254 e. The first-order valence-corrected chi connectivity index (χ1v) is 7.71. The van der Waals surface area contributed by atoms with E-state index in [4.69, 9.17) is 9.47 Å². The van der Waals surface area contributed by atoms with Crippen LogP contribution < -0.4 is 9.47 Å². The van der Waals surface area contributed by atoms with Crippen LogP contribution in [0.2, 0.25) is 0 Å². The third kappa shape index (κ3) is 3.71. The molecule has 1 aliphatic rings. The number of methoxy groups -OCH3 is 1. The summed E-state index contributed by atoms with van der Waals surface area (Å²) in [6.45, 7) is 0.163. The topological polar surface area (TPSA) is 59.0 Å². The molecule has 7 heteroatoms. The van der Waals surface area contributed by atoms with Gasteiger partial charge in [0.05, 0.1) is 20.2 Å². The lowest BCUT2D eigenvalue weighted by atomic mass is 10.2. The van der Waals surface area contributed by atoms with Gasteiger partial charge >= 0.3 is 0 Å². The van der Waals surface area contributed by atoms with Gasteiger partial charge in [0, 0.05) is 11.6 Å². The Bertz CT molecular complexity index is 783. The number of likely N-dealkylation sites (tertiary alicyclic amines) is 1. The Balaban J connectivity index is 1.70. The number of halogens is 2. The van der Waals surface area contributed by atoms with E-state index < -0.39 is 29.7 Å². The van der Waals surface area contributed by atoms with E-state index in [1.54, 1.807) is 6.07 Å². The third-order valence-electron chi connectivity index (χ3n) is 4.01. The summed E-state index contributed by atoms with van der Waals surface area (Å²) in [6, 6.07) is 9.47. The maximum atomic E-state index is 13.8. The van der Waals surface area contributed by atoms with E-state index in [1.807, 2.05) is 0 Å². The SMILES string of the molecule is COc1ccc(C(=O)N2C[C@@H](O)[C@H](Oc3cccc(F)c3)C2)cc1F. The normalized spacial score (nSPS) is 19.8. The molecule has 0 spiro atoms. The summed E-state index contributed by atoms with van der Waals surface area (Å²) in [4.78, 5) is 13.9. The van der Waals surface area contributed by atoms with Gasteiger partial charge in [-0.25, -0.2) is 8.78 Å². The number of aliphatic hydroxyl groups excluding tert-OH is 1. The molecule has 1 heterocycles. The Kier molecular flexibility index (Phi) is 4.85. The van der Waals surface area contributed by atoms with E-state index in [9.17, 15) is 18.7 Å². The number of carbonyl (C=O) groups excluding carboxylic acids is 1. The van der Waals surface area contributed by atoms with Crippen LogP contribution in [0.3, 0.4) is 0 Å². The Hall–Kier alpha value is -2.67. The van der Waals surface area contributed by atoms with Crippen LogP contribution in [-0.2, 0) is 0 Å². The second kappa shape index (κ2) is 7.06. The average molecular weight is 349 g/mol. The number of ether oxygens (including phenoxy) is 2. The molecule has 0 saturated carbocycles. The molecule has 1 saturated heterocycles. The first-order chi connectivity index (χ1) is 12.0. The molecule has 132 valence electrons. The van der Waals surface area contributed by atoms with Crippen LogP contribution in [0, 0.1) is 11.6 Å². The molecule has 1 aliphatic heterocycles. The molecule has 0 bridgehead atoms. The molecule has 0 aliphatic carbocycles. The van der Waals surface area contributed by atoms with Crippen molar-refractivity contribution in [2.75, 3.05) is 20.2 Å². The largest absolute Gasteiger partial charge is 0.494 e. The van der Waals surface area contributed by atoms with Gasteiger partial charge < -0.3 is 19.5 Å². The minimum Gasteiger partial charge on any atom is -0.494 e. The highest BCUT2D eigenvalue weighted by Gasteiger charge is 2.36. The fourth-order valence-corrected chi connectivity index (χ4v) is 2.74. The Morgan fingerprint density at radius 2 is 2.00 bits per heavy atom. The average Bonchev–Trinajstić information content (AvgIpc) is 2.95. The summed E-state index contributed by atoms with van der Waals surface area (Å²) in [5.41, 5.74) is 0.150. The van der Waals surface area contributed by atoms with Gasteiger partial charge in [-0.1, -0.05) is 6.07 Å². The van der Waals surface area contributed by atoms with Gasteiger partial charge in [0.2, 0.25) is 0 Å². The second-order valence-electron chi connectivity index (χ2n) is 5.74. The standard InChI is InChI=1S/C18H17F2NO4/c1-24-16-6-5-11(7-14(16)20)18(23)21-9-15(22)17(10-21)25-13-4-2-3-12(19)8-13/h2-8,15,17,22H,9-10H2,1H3/t15-,17-/m1/s1.